The molecule has 0 spiro atoms. The van der Waals surface area contributed by atoms with Crippen LogP contribution in [0, 0.1) is 6.92 Å². The fraction of sp³-hybridized carbons (Fsp3) is 0.250. The van der Waals surface area contributed by atoms with Crippen LogP contribution in [-0.4, -0.2) is 22.3 Å². The van der Waals surface area contributed by atoms with Crippen LogP contribution in [0.25, 0.3) is 6.08 Å². The van der Waals surface area contributed by atoms with Gasteiger partial charge in [-0.3, -0.25) is 9.48 Å². The Labute approximate surface area is 134 Å². The van der Waals surface area contributed by atoms with Crippen LogP contribution >= 0.6 is 11.6 Å². The molecule has 2 rings (SSSR count). The van der Waals surface area contributed by atoms with Crippen LogP contribution < -0.4 is 10.1 Å². The molecule has 0 saturated carbocycles. The molecule has 116 valence electrons. The molecule has 0 unspecified atom stereocenters. The largest absolute Gasteiger partial charge is 0.492 e. The minimum Gasteiger partial charge on any atom is -0.492 e. The lowest BCUT2D eigenvalue weighted by atomic mass is 10.2. The summed E-state index contributed by atoms with van der Waals surface area (Å²) in [6.45, 7) is 4.27. The summed E-state index contributed by atoms with van der Waals surface area (Å²) >= 11 is 6.12. The van der Waals surface area contributed by atoms with E-state index in [9.17, 15) is 4.79 Å². The number of nitrogens with one attached hydrogen (secondary N) is 1. The van der Waals surface area contributed by atoms with E-state index in [0.29, 0.717) is 23.2 Å². The minimum absolute atomic E-state index is 0.258. The maximum absolute atomic E-state index is 12.0. The van der Waals surface area contributed by atoms with E-state index in [1.807, 2.05) is 32.0 Å². The third-order valence-corrected chi connectivity index (χ3v) is 3.49. The van der Waals surface area contributed by atoms with Gasteiger partial charge in [0.2, 0.25) is 5.91 Å². The Balaban J connectivity index is 2.12. The number of benzene rings is 1. The molecule has 0 aliphatic rings. The molecular weight excluding hydrogens is 302 g/mol. The van der Waals surface area contributed by atoms with Crippen LogP contribution in [0.15, 0.2) is 30.3 Å². The predicted octanol–water partition coefficient (Wildman–Crippen LogP) is 3.43. The normalized spacial score (nSPS) is 10.9. The van der Waals surface area contributed by atoms with Crippen molar-refractivity contribution in [2.75, 3.05) is 11.9 Å². The fourth-order valence-electron chi connectivity index (χ4n) is 2.02. The van der Waals surface area contributed by atoms with E-state index in [0.717, 1.165) is 11.3 Å². The Morgan fingerprint density at radius 2 is 2.18 bits per heavy atom. The summed E-state index contributed by atoms with van der Waals surface area (Å²) in [5, 5.41) is 7.48. The molecule has 0 atom stereocenters. The second-order valence-electron chi connectivity index (χ2n) is 4.67. The van der Waals surface area contributed by atoms with Gasteiger partial charge in [0.05, 0.1) is 18.0 Å². The zero-order chi connectivity index (χ0) is 16.1. The summed E-state index contributed by atoms with van der Waals surface area (Å²) in [6, 6.07) is 7.29. The third-order valence-electron chi connectivity index (χ3n) is 3.04. The molecule has 1 amide bonds. The molecular formula is C16H18ClN3O2. The Morgan fingerprint density at radius 3 is 2.82 bits per heavy atom. The lowest BCUT2D eigenvalue weighted by Crippen LogP contribution is -2.09. The Bertz CT molecular complexity index is 707. The first-order valence-corrected chi connectivity index (χ1v) is 7.30. The Kier molecular flexibility index (Phi) is 5.22. The standard InChI is InChI=1S/C16H18ClN3O2/c1-4-22-14-8-6-5-7-13(14)18-15(21)10-9-12-11(2)19-20(3)16(12)17/h5-10H,4H2,1-3H3,(H,18,21)/b10-9+. The molecule has 1 aromatic heterocycles. The average Bonchev–Trinajstić information content (AvgIpc) is 2.72. The number of para-hydroxylation sites is 2. The van der Waals surface area contributed by atoms with Crippen molar-refractivity contribution in [3.05, 3.63) is 46.8 Å². The van der Waals surface area contributed by atoms with Crippen LogP contribution in [0.3, 0.4) is 0 Å². The van der Waals surface area contributed by atoms with Gasteiger partial charge >= 0.3 is 0 Å². The van der Waals surface area contributed by atoms with E-state index >= 15 is 0 Å². The number of carbonyl (C=O) groups excluding carboxylic acids is 1. The predicted molar refractivity (Wildman–Crippen MR) is 88.2 cm³/mol. The molecule has 0 fully saturated rings. The zero-order valence-electron chi connectivity index (χ0n) is 12.8. The first-order chi connectivity index (χ1) is 10.5. The molecule has 0 saturated heterocycles. The summed E-state index contributed by atoms with van der Waals surface area (Å²) in [5.74, 6) is 0.383. The summed E-state index contributed by atoms with van der Waals surface area (Å²) in [6.07, 6.45) is 3.09. The van der Waals surface area contributed by atoms with Gasteiger partial charge in [-0.15, -0.1) is 0 Å². The number of halogens is 1. The molecule has 1 heterocycles. The van der Waals surface area contributed by atoms with Crippen molar-refractivity contribution < 1.29 is 9.53 Å². The van der Waals surface area contributed by atoms with E-state index < -0.39 is 0 Å². The number of rotatable bonds is 5. The molecule has 5 nitrogen and oxygen atoms in total. The first-order valence-electron chi connectivity index (χ1n) is 6.93. The van der Waals surface area contributed by atoms with Crippen molar-refractivity contribution in [2.24, 2.45) is 7.05 Å². The fourth-order valence-corrected chi connectivity index (χ4v) is 2.26. The summed E-state index contributed by atoms with van der Waals surface area (Å²) < 4.78 is 7.04. The van der Waals surface area contributed by atoms with Gasteiger partial charge in [0.1, 0.15) is 10.9 Å². The maximum Gasteiger partial charge on any atom is 0.248 e. The minimum atomic E-state index is -0.258. The lowest BCUT2D eigenvalue weighted by molar-refractivity contribution is -0.111. The number of hydrogen-bond donors (Lipinski definition) is 1. The first kappa shape index (κ1) is 16.1. The van der Waals surface area contributed by atoms with Gasteiger partial charge in [-0.2, -0.15) is 5.10 Å². The Morgan fingerprint density at radius 1 is 1.45 bits per heavy atom. The van der Waals surface area contributed by atoms with Crippen molar-refractivity contribution in [3.8, 4) is 5.75 Å². The van der Waals surface area contributed by atoms with E-state index in [-0.39, 0.29) is 5.91 Å². The molecule has 2 aromatic rings. The molecule has 22 heavy (non-hydrogen) atoms. The number of carbonyl (C=O) groups is 1. The summed E-state index contributed by atoms with van der Waals surface area (Å²) in [4.78, 5) is 12.0. The van der Waals surface area contributed by atoms with Crippen LogP contribution in [0.4, 0.5) is 5.69 Å². The molecule has 0 radical (unpaired) electrons. The number of amides is 1. The van der Waals surface area contributed by atoms with Crippen LogP contribution in [0.2, 0.25) is 5.15 Å². The van der Waals surface area contributed by atoms with Crippen LogP contribution in [-0.2, 0) is 11.8 Å². The van der Waals surface area contributed by atoms with Crippen molar-refractivity contribution in [1.82, 2.24) is 9.78 Å². The van der Waals surface area contributed by atoms with E-state index in [1.165, 1.54) is 6.08 Å². The lowest BCUT2D eigenvalue weighted by Gasteiger charge is -2.09. The second kappa shape index (κ2) is 7.13. The number of aromatic nitrogens is 2. The van der Waals surface area contributed by atoms with Crippen molar-refractivity contribution in [3.63, 3.8) is 0 Å². The maximum atomic E-state index is 12.0. The highest BCUT2D eigenvalue weighted by molar-refractivity contribution is 6.31. The number of ether oxygens (including phenoxy) is 1. The van der Waals surface area contributed by atoms with Gasteiger partial charge < -0.3 is 10.1 Å². The highest BCUT2D eigenvalue weighted by Gasteiger charge is 2.09. The highest BCUT2D eigenvalue weighted by atomic mass is 35.5. The third kappa shape index (κ3) is 3.68. The summed E-state index contributed by atoms with van der Waals surface area (Å²) in [5.41, 5.74) is 2.14. The topological polar surface area (TPSA) is 56.1 Å². The van der Waals surface area contributed by atoms with Crippen molar-refractivity contribution >= 4 is 29.3 Å². The molecule has 1 N–H and O–H groups in total. The average molecular weight is 320 g/mol. The number of nitrogens with zero attached hydrogens (tertiary/aromatic N) is 2. The van der Waals surface area contributed by atoms with Crippen molar-refractivity contribution in [2.45, 2.75) is 13.8 Å². The van der Waals surface area contributed by atoms with Gasteiger partial charge in [0, 0.05) is 18.7 Å². The van der Waals surface area contributed by atoms with Gasteiger partial charge in [-0.1, -0.05) is 23.7 Å². The van der Waals surface area contributed by atoms with Gasteiger partial charge in [-0.25, -0.2) is 0 Å². The quantitative estimate of drug-likeness (QED) is 0.859. The highest BCUT2D eigenvalue weighted by Crippen LogP contribution is 2.24. The molecule has 0 aliphatic heterocycles. The van der Waals surface area contributed by atoms with Crippen LogP contribution in [0.1, 0.15) is 18.2 Å². The van der Waals surface area contributed by atoms with E-state index in [4.69, 9.17) is 16.3 Å². The van der Waals surface area contributed by atoms with E-state index in [1.54, 1.807) is 23.9 Å². The SMILES string of the molecule is CCOc1ccccc1NC(=O)/C=C/c1c(C)nn(C)c1Cl. The van der Waals surface area contributed by atoms with Crippen molar-refractivity contribution in [1.29, 1.82) is 0 Å². The van der Waals surface area contributed by atoms with Gasteiger partial charge in [-0.05, 0) is 32.1 Å². The monoisotopic (exact) mass is 319 g/mol. The smallest absolute Gasteiger partial charge is 0.248 e. The molecule has 6 heteroatoms. The number of anilines is 1. The van der Waals surface area contributed by atoms with Crippen LogP contribution in [0.5, 0.6) is 5.75 Å². The number of aryl methyl sites for hydroxylation is 2. The zero-order valence-corrected chi connectivity index (χ0v) is 13.5. The number of hydrogen-bond acceptors (Lipinski definition) is 3. The molecule has 1 aromatic carbocycles. The van der Waals surface area contributed by atoms with Gasteiger partial charge in [0.15, 0.2) is 0 Å². The summed E-state index contributed by atoms with van der Waals surface area (Å²) in [7, 11) is 1.76. The Hall–Kier alpha value is -2.27. The molecule has 0 bridgehead atoms. The molecule has 0 aliphatic carbocycles. The second-order valence-corrected chi connectivity index (χ2v) is 5.02. The van der Waals surface area contributed by atoms with Gasteiger partial charge in [0.25, 0.3) is 0 Å². The van der Waals surface area contributed by atoms with E-state index in [2.05, 4.69) is 10.4 Å².